The summed E-state index contributed by atoms with van der Waals surface area (Å²) in [6.45, 7) is 8.58. The Balaban J connectivity index is 1.72. The molecule has 3 rings (SSSR count). The zero-order valence-corrected chi connectivity index (χ0v) is 16.3. The monoisotopic (exact) mass is 378 g/mol. The van der Waals surface area contributed by atoms with Gasteiger partial charge in [-0.3, -0.25) is 0 Å². The van der Waals surface area contributed by atoms with E-state index < -0.39 is 0 Å². The van der Waals surface area contributed by atoms with Crippen LogP contribution in [0.3, 0.4) is 0 Å². The van der Waals surface area contributed by atoms with E-state index in [0.717, 1.165) is 11.0 Å². The minimum Gasteiger partial charge on any atom is -0.489 e. The first kappa shape index (κ1) is 18.6. The van der Waals surface area contributed by atoms with Gasteiger partial charge in [0.05, 0.1) is 11.2 Å². The summed E-state index contributed by atoms with van der Waals surface area (Å²) in [5, 5.41) is 1.10. The Bertz CT molecular complexity index is 741. The van der Waals surface area contributed by atoms with E-state index >= 15 is 0 Å². The van der Waals surface area contributed by atoms with Crippen molar-refractivity contribution in [2.45, 2.75) is 45.5 Å². The Morgan fingerprint density at radius 3 is 2.12 bits per heavy atom. The lowest BCUT2D eigenvalue weighted by molar-refractivity contribution is 0.00578. The molecular weight excluding hydrogens is 358 g/mol. The van der Waals surface area contributed by atoms with Crippen molar-refractivity contribution in [1.82, 2.24) is 0 Å². The summed E-state index contributed by atoms with van der Waals surface area (Å²) in [6, 6.07) is 13.2. The average Bonchev–Trinajstić information content (AvgIpc) is 2.73. The molecule has 2 aromatic rings. The molecule has 132 valence electrons. The van der Waals surface area contributed by atoms with E-state index in [1.54, 1.807) is 18.2 Å². The summed E-state index contributed by atoms with van der Waals surface area (Å²) < 4.78 is 18.0. The van der Waals surface area contributed by atoms with Gasteiger partial charge in [-0.15, -0.1) is 0 Å². The van der Waals surface area contributed by atoms with E-state index in [2.05, 4.69) is 0 Å². The van der Waals surface area contributed by atoms with Crippen LogP contribution >= 0.6 is 23.2 Å². The van der Waals surface area contributed by atoms with Gasteiger partial charge in [0.15, 0.2) is 0 Å². The fourth-order valence-corrected chi connectivity index (χ4v) is 3.09. The van der Waals surface area contributed by atoms with Gasteiger partial charge in [0, 0.05) is 10.0 Å². The standard InChI is InChI=1S/C19H21BCl2O3/c1-18(2)19(3,4)25-20(24-18)14-7-5-6-13(8-14)12-23-17-10-15(21)9-16(22)11-17/h5-11H,12H2,1-4H3. The van der Waals surface area contributed by atoms with E-state index in [1.165, 1.54) is 0 Å². The van der Waals surface area contributed by atoms with Crippen molar-refractivity contribution in [3.63, 3.8) is 0 Å². The predicted molar refractivity (Wildman–Crippen MR) is 103 cm³/mol. The Morgan fingerprint density at radius 1 is 0.920 bits per heavy atom. The van der Waals surface area contributed by atoms with Crippen LogP contribution in [-0.4, -0.2) is 18.3 Å². The third-order valence-electron chi connectivity index (χ3n) is 4.72. The zero-order valence-electron chi connectivity index (χ0n) is 14.8. The summed E-state index contributed by atoms with van der Waals surface area (Å²) in [5.41, 5.74) is 1.27. The second-order valence-electron chi connectivity index (χ2n) is 7.23. The van der Waals surface area contributed by atoms with Gasteiger partial charge in [-0.2, -0.15) is 0 Å². The Hall–Kier alpha value is -1.20. The third kappa shape index (κ3) is 4.14. The summed E-state index contributed by atoms with van der Waals surface area (Å²) >= 11 is 12.0. The van der Waals surface area contributed by atoms with Crippen molar-refractivity contribution in [2.75, 3.05) is 0 Å². The van der Waals surface area contributed by atoms with Gasteiger partial charge < -0.3 is 14.0 Å². The van der Waals surface area contributed by atoms with Crippen LogP contribution in [0.15, 0.2) is 42.5 Å². The second kappa shape index (κ2) is 6.84. The lowest BCUT2D eigenvalue weighted by Crippen LogP contribution is -2.41. The maximum atomic E-state index is 6.10. The maximum absolute atomic E-state index is 6.10. The Kier molecular flexibility index (Phi) is 5.09. The molecule has 25 heavy (non-hydrogen) atoms. The summed E-state index contributed by atoms with van der Waals surface area (Å²) in [7, 11) is -0.384. The number of hydrogen-bond acceptors (Lipinski definition) is 3. The molecular formula is C19H21BCl2O3. The molecule has 1 aliphatic heterocycles. The number of hydrogen-bond donors (Lipinski definition) is 0. The van der Waals surface area contributed by atoms with E-state index in [0.29, 0.717) is 22.4 Å². The van der Waals surface area contributed by atoms with Crippen molar-refractivity contribution >= 4 is 35.8 Å². The molecule has 1 aliphatic rings. The lowest BCUT2D eigenvalue weighted by atomic mass is 9.78. The number of rotatable bonds is 4. The molecule has 0 radical (unpaired) electrons. The first-order chi connectivity index (χ1) is 11.7. The molecule has 1 saturated heterocycles. The SMILES string of the molecule is CC1(C)OB(c2cccc(COc3cc(Cl)cc(Cl)c3)c2)OC1(C)C. The molecule has 1 heterocycles. The molecule has 0 aliphatic carbocycles. The largest absolute Gasteiger partial charge is 0.494 e. The molecule has 0 saturated carbocycles. The fourth-order valence-electron chi connectivity index (χ4n) is 2.59. The highest BCUT2D eigenvalue weighted by molar-refractivity contribution is 6.62. The Morgan fingerprint density at radius 2 is 1.52 bits per heavy atom. The first-order valence-corrected chi connectivity index (χ1v) is 8.95. The zero-order chi connectivity index (χ0) is 18.2. The van der Waals surface area contributed by atoms with E-state index in [-0.39, 0.29) is 18.3 Å². The van der Waals surface area contributed by atoms with Crippen LogP contribution in [0.1, 0.15) is 33.3 Å². The predicted octanol–water partition coefficient (Wildman–Crippen LogP) is 4.87. The van der Waals surface area contributed by atoms with Gasteiger partial charge in [-0.25, -0.2) is 0 Å². The van der Waals surface area contributed by atoms with Crippen molar-refractivity contribution in [3.8, 4) is 5.75 Å². The molecule has 3 nitrogen and oxygen atoms in total. The topological polar surface area (TPSA) is 27.7 Å². The van der Waals surface area contributed by atoms with Crippen LogP contribution in [0.5, 0.6) is 5.75 Å². The molecule has 0 aromatic heterocycles. The van der Waals surface area contributed by atoms with Crippen LogP contribution in [0, 0.1) is 0 Å². The van der Waals surface area contributed by atoms with Crippen LogP contribution in [0.4, 0.5) is 0 Å². The van der Waals surface area contributed by atoms with Gasteiger partial charge in [0.25, 0.3) is 0 Å². The van der Waals surface area contributed by atoms with Crippen molar-refractivity contribution in [3.05, 3.63) is 58.1 Å². The molecule has 0 N–H and O–H groups in total. The van der Waals surface area contributed by atoms with Gasteiger partial charge in [-0.05, 0) is 56.9 Å². The van der Waals surface area contributed by atoms with E-state index in [1.807, 2.05) is 52.0 Å². The third-order valence-corrected chi connectivity index (χ3v) is 5.15. The number of benzene rings is 2. The summed E-state index contributed by atoms with van der Waals surface area (Å²) in [4.78, 5) is 0. The molecule has 6 heteroatoms. The minimum atomic E-state index is -0.384. The summed E-state index contributed by atoms with van der Waals surface area (Å²) in [6.07, 6.45) is 0. The number of ether oxygens (including phenoxy) is 1. The van der Waals surface area contributed by atoms with Gasteiger partial charge in [-0.1, -0.05) is 47.5 Å². The molecule has 0 amide bonds. The summed E-state index contributed by atoms with van der Waals surface area (Å²) in [5.74, 6) is 0.638. The van der Waals surface area contributed by atoms with Crippen molar-refractivity contribution in [2.24, 2.45) is 0 Å². The second-order valence-corrected chi connectivity index (χ2v) is 8.10. The van der Waals surface area contributed by atoms with Gasteiger partial charge in [0.2, 0.25) is 0 Å². The minimum absolute atomic E-state index is 0.359. The van der Waals surface area contributed by atoms with Gasteiger partial charge in [0.1, 0.15) is 12.4 Å². The van der Waals surface area contributed by atoms with E-state index in [4.69, 9.17) is 37.2 Å². The van der Waals surface area contributed by atoms with Gasteiger partial charge >= 0.3 is 7.12 Å². The average molecular weight is 379 g/mol. The van der Waals surface area contributed by atoms with Crippen molar-refractivity contribution < 1.29 is 14.0 Å². The highest BCUT2D eigenvalue weighted by Crippen LogP contribution is 2.36. The first-order valence-electron chi connectivity index (χ1n) is 8.20. The normalized spacial score (nSPS) is 18.4. The smallest absolute Gasteiger partial charge is 0.489 e. The van der Waals surface area contributed by atoms with Crippen molar-refractivity contribution in [1.29, 1.82) is 0 Å². The maximum Gasteiger partial charge on any atom is 0.494 e. The fraction of sp³-hybridized carbons (Fsp3) is 0.368. The molecule has 1 fully saturated rings. The lowest BCUT2D eigenvalue weighted by Gasteiger charge is -2.32. The van der Waals surface area contributed by atoms with Crippen LogP contribution in [0.25, 0.3) is 0 Å². The number of halogens is 2. The molecule has 2 aromatic carbocycles. The Labute approximate surface area is 159 Å². The molecule has 0 unspecified atom stereocenters. The molecule has 0 bridgehead atoms. The molecule has 0 atom stereocenters. The van der Waals surface area contributed by atoms with E-state index in [9.17, 15) is 0 Å². The highest BCUT2D eigenvalue weighted by Gasteiger charge is 2.51. The highest BCUT2D eigenvalue weighted by atomic mass is 35.5. The van der Waals surface area contributed by atoms with Crippen LogP contribution in [0.2, 0.25) is 10.0 Å². The van der Waals surface area contributed by atoms with Crippen LogP contribution < -0.4 is 10.2 Å². The molecule has 0 spiro atoms. The quantitative estimate of drug-likeness (QED) is 0.710. The van der Waals surface area contributed by atoms with Crippen LogP contribution in [-0.2, 0) is 15.9 Å².